The summed E-state index contributed by atoms with van der Waals surface area (Å²) in [5.41, 5.74) is 0. The first-order valence-corrected chi connectivity index (χ1v) is 7.06. The van der Waals surface area contributed by atoms with Crippen molar-refractivity contribution in [2.24, 2.45) is 0 Å². The molecule has 16 heavy (non-hydrogen) atoms. The van der Waals surface area contributed by atoms with E-state index < -0.39 is 18.0 Å². The third-order valence-electron chi connectivity index (χ3n) is 1.40. The third kappa shape index (κ3) is 4.48. The summed E-state index contributed by atoms with van der Waals surface area (Å²) in [6, 6.07) is 0. The summed E-state index contributed by atoms with van der Waals surface area (Å²) in [4.78, 5) is 0. The monoisotopic (exact) mass is 290 g/mol. The van der Waals surface area contributed by atoms with Gasteiger partial charge in [-0.2, -0.15) is 13.2 Å². The number of nitrogens with zero attached hydrogens (tertiary/aromatic N) is 2. The van der Waals surface area contributed by atoms with E-state index in [0.717, 1.165) is 21.9 Å². The average Bonchev–Trinajstić information content (AvgIpc) is 2.61. The van der Waals surface area contributed by atoms with Crippen molar-refractivity contribution < 1.29 is 18.3 Å². The largest absolute Gasteiger partial charge is 0.415 e. The van der Waals surface area contributed by atoms with E-state index >= 15 is 0 Å². The maximum Gasteiger partial charge on any atom is 0.415 e. The van der Waals surface area contributed by atoms with Crippen LogP contribution in [0.1, 0.15) is 6.92 Å². The van der Waals surface area contributed by atoms with Crippen LogP contribution >= 0.6 is 34.9 Å². The molecule has 1 aromatic heterocycles. The highest BCUT2D eigenvalue weighted by molar-refractivity contribution is 8.03. The molecule has 1 atom stereocenters. The van der Waals surface area contributed by atoms with Crippen LogP contribution in [0.15, 0.2) is 8.68 Å². The molecule has 0 amide bonds. The fourth-order valence-electron chi connectivity index (χ4n) is 0.682. The lowest BCUT2D eigenvalue weighted by atomic mass is 10.4. The van der Waals surface area contributed by atoms with Gasteiger partial charge in [0.15, 0.2) is 14.8 Å². The van der Waals surface area contributed by atoms with E-state index in [0.29, 0.717) is 4.34 Å². The highest BCUT2D eigenvalue weighted by Gasteiger charge is 2.38. The minimum absolute atomic E-state index is 0.444. The van der Waals surface area contributed by atoms with E-state index in [1.54, 1.807) is 0 Å². The molecule has 0 unspecified atom stereocenters. The highest BCUT2D eigenvalue weighted by atomic mass is 32.2. The number of hydrogen-bond donors (Lipinski definition) is 1. The summed E-state index contributed by atoms with van der Waals surface area (Å²) >= 11 is 3.58. The van der Waals surface area contributed by atoms with Gasteiger partial charge in [-0.15, -0.1) is 10.2 Å². The highest BCUT2D eigenvalue weighted by Crippen LogP contribution is 2.31. The van der Waals surface area contributed by atoms with Gasteiger partial charge in [-0.3, -0.25) is 0 Å². The van der Waals surface area contributed by atoms with Crippen molar-refractivity contribution in [1.82, 2.24) is 10.2 Å². The molecule has 9 heteroatoms. The number of aliphatic hydroxyl groups excluding tert-OH is 1. The van der Waals surface area contributed by atoms with Crippen LogP contribution < -0.4 is 0 Å². The molecule has 0 aliphatic carbocycles. The molecule has 0 saturated carbocycles. The maximum atomic E-state index is 12.0. The molecular weight excluding hydrogens is 281 g/mol. The van der Waals surface area contributed by atoms with Crippen LogP contribution in [-0.2, 0) is 0 Å². The zero-order valence-electron chi connectivity index (χ0n) is 8.19. The molecule has 0 spiro atoms. The van der Waals surface area contributed by atoms with Crippen LogP contribution in [0, 0.1) is 0 Å². The van der Waals surface area contributed by atoms with Crippen LogP contribution in [-0.4, -0.2) is 39.1 Å². The average molecular weight is 290 g/mol. The maximum absolute atomic E-state index is 12.0. The first-order chi connectivity index (χ1) is 7.43. The van der Waals surface area contributed by atoms with Crippen molar-refractivity contribution in [2.45, 2.75) is 27.9 Å². The minimum atomic E-state index is -4.57. The van der Waals surface area contributed by atoms with Gasteiger partial charge in [0.05, 0.1) is 0 Å². The van der Waals surface area contributed by atoms with Crippen molar-refractivity contribution in [3.05, 3.63) is 0 Å². The van der Waals surface area contributed by atoms with E-state index in [1.807, 2.05) is 6.92 Å². The number of rotatable bonds is 5. The number of aliphatic hydroxyl groups is 1. The predicted octanol–water partition coefficient (Wildman–Crippen LogP) is 2.67. The first-order valence-electron chi connectivity index (χ1n) is 4.27. The van der Waals surface area contributed by atoms with Crippen molar-refractivity contribution in [2.75, 3.05) is 11.5 Å². The molecule has 0 aromatic carbocycles. The molecule has 1 N–H and O–H groups in total. The number of alkyl halides is 3. The van der Waals surface area contributed by atoms with Crippen molar-refractivity contribution in [3.63, 3.8) is 0 Å². The standard InChI is InChI=1S/C7H9F3N2OS3/c1-2-14-5-11-12-6(16-5)15-3-4(13)7(8,9)10/h4,13H,2-3H2,1H3/t4-/m1/s1. The Kier molecular flexibility index (Phi) is 5.35. The second kappa shape index (κ2) is 6.08. The lowest BCUT2D eigenvalue weighted by Crippen LogP contribution is -2.30. The molecule has 1 aromatic rings. The van der Waals surface area contributed by atoms with E-state index in [9.17, 15) is 13.2 Å². The van der Waals surface area contributed by atoms with Gasteiger partial charge < -0.3 is 5.11 Å². The van der Waals surface area contributed by atoms with Crippen LogP contribution in [0.5, 0.6) is 0 Å². The number of aromatic nitrogens is 2. The van der Waals surface area contributed by atoms with Gasteiger partial charge in [0.1, 0.15) is 0 Å². The Morgan fingerprint density at radius 1 is 1.31 bits per heavy atom. The Morgan fingerprint density at radius 3 is 2.38 bits per heavy atom. The van der Waals surface area contributed by atoms with Gasteiger partial charge >= 0.3 is 6.18 Å². The second-order valence-corrected chi connectivity index (χ2v) is 6.39. The predicted molar refractivity (Wildman–Crippen MR) is 59.1 cm³/mol. The topological polar surface area (TPSA) is 46.0 Å². The molecule has 0 saturated heterocycles. The summed E-state index contributed by atoms with van der Waals surface area (Å²) in [7, 11) is 0. The number of thioether (sulfide) groups is 2. The van der Waals surface area contributed by atoms with Crippen molar-refractivity contribution in [3.8, 4) is 0 Å². The van der Waals surface area contributed by atoms with Crippen LogP contribution in [0.25, 0.3) is 0 Å². The lowest BCUT2D eigenvalue weighted by Gasteiger charge is -2.12. The summed E-state index contributed by atoms with van der Waals surface area (Å²) in [5, 5.41) is 16.3. The minimum Gasteiger partial charge on any atom is -0.383 e. The van der Waals surface area contributed by atoms with Crippen molar-refractivity contribution in [1.29, 1.82) is 0 Å². The summed E-state index contributed by atoms with van der Waals surface area (Å²) < 4.78 is 37.1. The van der Waals surface area contributed by atoms with Crippen LogP contribution in [0.3, 0.4) is 0 Å². The van der Waals surface area contributed by atoms with Gasteiger partial charge in [0, 0.05) is 5.75 Å². The normalized spacial score (nSPS) is 14.1. The Labute approximate surface area is 103 Å². The number of halogens is 3. The van der Waals surface area contributed by atoms with Gasteiger partial charge in [0.25, 0.3) is 0 Å². The third-order valence-corrected chi connectivity index (χ3v) is 4.55. The summed E-state index contributed by atoms with van der Waals surface area (Å²) in [5.74, 6) is 0.388. The zero-order valence-corrected chi connectivity index (χ0v) is 10.6. The van der Waals surface area contributed by atoms with Crippen LogP contribution in [0.4, 0.5) is 13.2 Å². The Balaban J connectivity index is 2.42. The quantitative estimate of drug-likeness (QED) is 0.845. The zero-order chi connectivity index (χ0) is 12.2. The molecular formula is C7H9F3N2OS3. The lowest BCUT2D eigenvalue weighted by molar-refractivity contribution is -0.195. The molecule has 92 valence electrons. The smallest absolute Gasteiger partial charge is 0.383 e. The Bertz CT molecular complexity index is 331. The van der Waals surface area contributed by atoms with Crippen LogP contribution in [0.2, 0.25) is 0 Å². The molecule has 1 rings (SSSR count). The molecule has 3 nitrogen and oxygen atoms in total. The first kappa shape index (κ1) is 14.1. The Morgan fingerprint density at radius 2 is 1.88 bits per heavy atom. The molecule has 0 bridgehead atoms. The van der Waals surface area contributed by atoms with Crippen molar-refractivity contribution >= 4 is 34.9 Å². The van der Waals surface area contributed by atoms with E-state index in [1.165, 1.54) is 23.1 Å². The SMILES string of the molecule is CCSc1nnc(SC[C@@H](O)C(F)(F)F)s1. The van der Waals surface area contributed by atoms with Gasteiger partial charge in [-0.05, 0) is 5.75 Å². The fraction of sp³-hybridized carbons (Fsp3) is 0.714. The molecule has 1 heterocycles. The van der Waals surface area contributed by atoms with E-state index in [-0.39, 0.29) is 0 Å². The number of hydrogen-bond acceptors (Lipinski definition) is 6. The molecule has 0 fully saturated rings. The fourth-order valence-corrected chi connectivity index (χ4v) is 3.59. The van der Waals surface area contributed by atoms with Gasteiger partial charge in [-0.25, -0.2) is 0 Å². The molecule has 0 aliphatic heterocycles. The van der Waals surface area contributed by atoms with Gasteiger partial charge in [0.2, 0.25) is 0 Å². The van der Waals surface area contributed by atoms with E-state index in [2.05, 4.69) is 10.2 Å². The Hall–Kier alpha value is 0.01000. The summed E-state index contributed by atoms with van der Waals surface area (Å²) in [6.45, 7) is 1.95. The van der Waals surface area contributed by atoms with E-state index in [4.69, 9.17) is 5.11 Å². The second-order valence-electron chi connectivity index (χ2n) is 2.64. The summed E-state index contributed by atoms with van der Waals surface area (Å²) in [6.07, 6.45) is -6.89. The molecule has 0 radical (unpaired) electrons. The molecule has 0 aliphatic rings. The van der Waals surface area contributed by atoms with Gasteiger partial charge in [-0.1, -0.05) is 41.8 Å².